The van der Waals surface area contributed by atoms with Crippen molar-refractivity contribution < 1.29 is 0 Å². The number of likely N-dealkylation sites (tertiary alicyclic amines) is 1. The topological polar surface area (TPSA) is 42.1 Å². The van der Waals surface area contributed by atoms with E-state index in [-0.39, 0.29) is 0 Å². The van der Waals surface area contributed by atoms with Gasteiger partial charge in [0, 0.05) is 25.3 Å². The fraction of sp³-hybridized carbons (Fsp3) is 0.583. The molecule has 0 spiro atoms. The molecule has 4 heteroatoms. The molecule has 0 aromatic carbocycles. The fourth-order valence-electron chi connectivity index (χ4n) is 2.34. The van der Waals surface area contributed by atoms with Crippen LogP contribution in [0.2, 0.25) is 5.15 Å². The van der Waals surface area contributed by atoms with E-state index in [1.54, 1.807) is 0 Å². The minimum atomic E-state index is 0.554. The highest BCUT2D eigenvalue weighted by Gasteiger charge is 2.27. The average Bonchev–Trinajstić information content (AvgIpc) is 2.63. The van der Waals surface area contributed by atoms with Crippen molar-refractivity contribution in [1.29, 1.82) is 0 Å². The summed E-state index contributed by atoms with van der Waals surface area (Å²) in [4.78, 5) is 6.56. The number of nitrogens with two attached hydrogens (primary N) is 1. The van der Waals surface area contributed by atoms with Crippen LogP contribution in [0.3, 0.4) is 0 Å². The molecule has 2 unspecified atom stereocenters. The number of rotatable bonds is 3. The molecular weight excluding hydrogens is 222 g/mol. The van der Waals surface area contributed by atoms with Crippen LogP contribution in [0.4, 0.5) is 0 Å². The summed E-state index contributed by atoms with van der Waals surface area (Å²) in [5, 5.41) is 0.554. The Labute approximate surface area is 102 Å². The standard InChI is InChI=1S/C12H18ClN3/c1-9-4-11(5-14)8-16(9)7-10-2-3-12(13)15-6-10/h2-3,6,9,11H,4-5,7-8,14H2,1H3. The lowest BCUT2D eigenvalue weighted by molar-refractivity contribution is 0.255. The zero-order valence-electron chi connectivity index (χ0n) is 9.56. The Morgan fingerprint density at radius 3 is 2.94 bits per heavy atom. The first-order valence-electron chi connectivity index (χ1n) is 5.73. The van der Waals surface area contributed by atoms with Gasteiger partial charge in [0.25, 0.3) is 0 Å². The average molecular weight is 240 g/mol. The van der Waals surface area contributed by atoms with Gasteiger partial charge in [0.15, 0.2) is 0 Å². The van der Waals surface area contributed by atoms with Crippen LogP contribution in [0.1, 0.15) is 18.9 Å². The number of aromatic nitrogens is 1. The van der Waals surface area contributed by atoms with Crippen molar-refractivity contribution in [3.8, 4) is 0 Å². The molecule has 0 amide bonds. The van der Waals surface area contributed by atoms with E-state index in [4.69, 9.17) is 17.3 Å². The van der Waals surface area contributed by atoms with Crippen molar-refractivity contribution in [3.05, 3.63) is 29.0 Å². The molecular formula is C12H18ClN3. The van der Waals surface area contributed by atoms with E-state index in [9.17, 15) is 0 Å². The second-order valence-electron chi connectivity index (χ2n) is 4.61. The third-order valence-corrected chi connectivity index (χ3v) is 3.52. The number of pyridine rings is 1. The summed E-state index contributed by atoms with van der Waals surface area (Å²) in [6, 6.07) is 4.50. The van der Waals surface area contributed by atoms with Crippen molar-refractivity contribution in [3.63, 3.8) is 0 Å². The van der Waals surface area contributed by atoms with Crippen LogP contribution >= 0.6 is 11.6 Å². The van der Waals surface area contributed by atoms with Crippen LogP contribution < -0.4 is 5.73 Å². The Morgan fingerprint density at radius 2 is 2.38 bits per heavy atom. The van der Waals surface area contributed by atoms with Gasteiger partial charge in [-0.25, -0.2) is 4.98 Å². The van der Waals surface area contributed by atoms with Gasteiger partial charge in [0.1, 0.15) is 5.15 Å². The van der Waals surface area contributed by atoms with Gasteiger partial charge >= 0.3 is 0 Å². The molecule has 1 saturated heterocycles. The van der Waals surface area contributed by atoms with Gasteiger partial charge in [0.05, 0.1) is 0 Å². The highest BCUT2D eigenvalue weighted by molar-refractivity contribution is 6.29. The molecule has 2 N–H and O–H groups in total. The molecule has 2 heterocycles. The second-order valence-corrected chi connectivity index (χ2v) is 4.99. The smallest absolute Gasteiger partial charge is 0.129 e. The summed E-state index contributed by atoms with van der Waals surface area (Å²) in [5.41, 5.74) is 6.93. The van der Waals surface area contributed by atoms with Crippen LogP contribution in [0.25, 0.3) is 0 Å². The SMILES string of the molecule is CC1CC(CN)CN1Cc1ccc(Cl)nc1. The van der Waals surface area contributed by atoms with Gasteiger partial charge in [-0.2, -0.15) is 0 Å². The van der Waals surface area contributed by atoms with Gasteiger partial charge in [-0.3, -0.25) is 4.90 Å². The largest absolute Gasteiger partial charge is 0.330 e. The Morgan fingerprint density at radius 1 is 1.56 bits per heavy atom. The Kier molecular flexibility index (Phi) is 3.79. The number of nitrogens with zero attached hydrogens (tertiary/aromatic N) is 2. The van der Waals surface area contributed by atoms with Gasteiger partial charge in [-0.05, 0) is 37.4 Å². The van der Waals surface area contributed by atoms with E-state index in [0.29, 0.717) is 17.1 Å². The van der Waals surface area contributed by atoms with Crippen LogP contribution in [0.5, 0.6) is 0 Å². The zero-order chi connectivity index (χ0) is 11.5. The predicted molar refractivity (Wildman–Crippen MR) is 66.3 cm³/mol. The minimum Gasteiger partial charge on any atom is -0.330 e. The first kappa shape index (κ1) is 11.8. The minimum absolute atomic E-state index is 0.554. The summed E-state index contributed by atoms with van der Waals surface area (Å²) in [6.07, 6.45) is 3.06. The zero-order valence-corrected chi connectivity index (χ0v) is 10.3. The first-order valence-corrected chi connectivity index (χ1v) is 6.11. The van der Waals surface area contributed by atoms with Crippen molar-refractivity contribution >= 4 is 11.6 Å². The van der Waals surface area contributed by atoms with Crippen LogP contribution in [0, 0.1) is 5.92 Å². The summed E-state index contributed by atoms with van der Waals surface area (Å²) >= 11 is 5.76. The second kappa shape index (κ2) is 5.13. The normalized spacial score (nSPS) is 26.2. The van der Waals surface area contributed by atoms with E-state index < -0.39 is 0 Å². The van der Waals surface area contributed by atoms with Gasteiger partial charge in [-0.1, -0.05) is 17.7 Å². The molecule has 88 valence electrons. The highest BCUT2D eigenvalue weighted by atomic mass is 35.5. The van der Waals surface area contributed by atoms with E-state index in [1.807, 2.05) is 18.3 Å². The van der Waals surface area contributed by atoms with Crippen molar-refractivity contribution in [2.75, 3.05) is 13.1 Å². The Bertz CT molecular complexity index is 339. The van der Waals surface area contributed by atoms with Crippen molar-refractivity contribution in [2.45, 2.75) is 25.9 Å². The van der Waals surface area contributed by atoms with E-state index >= 15 is 0 Å². The van der Waals surface area contributed by atoms with E-state index in [0.717, 1.165) is 19.6 Å². The van der Waals surface area contributed by atoms with Gasteiger partial charge in [0.2, 0.25) is 0 Å². The summed E-state index contributed by atoms with van der Waals surface area (Å²) in [5.74, 6) is 0.648. The lowest BCUT2D eigenvalue weighted by atomic mass is 10.1. The maximum Gasteiger partial charge on any atom is 0.129 e. The first-order chi connectivity index (χ1) is 7.69. The Balaban J connectivity index is 1.97. The summed E-state index contributed by atoms with van der Waals surface area (Å²) in [7, 11) is 0. The third-order valence-electron chi connectivity index (χ3n) is 3.30. The molecule has 1 aliphatic rings. The van der Waals surface area contributed by atoms with Crippen LogP contribution in [-0.2, 0) is 6.54 Å². The van der Waals surface area contributed by atoms with E-state index in [1.165, 1.54) is 12.0 Å². The lowest BCUT2D eigenvalue weighted by Crippen LogP contribution is -2.27. The number of halogens is 1. The van der Waals surface area contributed by atoms with Crippen molar-refractivity contribution in [2.24, 2.45) is 11.7 Å². The number of hydrogen-bond donors (Lipinski definition) is 1. The molecule has 1 fully saturated rings. The molecule has 2 rings (SSSR count). The monoisotopic (exact) mass is 239 g/mol. The lowest BCUT2D eigenvalue weighted by Gasteiger charge is -2.20. The molecule has 0 saturated carbocycles. The Hall–Kier alpha value is -0.640. The molecule has 16 heavy (non-hydrogen) atoms. The summed E-state index contributed by atoms with van der Waals surface area (Å²) in [6.45, 7) is 5.10. The molecule has 1 aliphatic heterocycles. The maximum atomic E-state index is 5.76. The number of hydrogen-bond acceptors (Lipinski definition) is 3. The molecule has 1 aromatic rings. The maximum absolute atomic E-state index is 5.76. The predicted octanol–water partition coefficient (Wildman–Crippen LogP) is 1.90. The molecule has 1 aromatic heterocycles. The van der Waals surface area contributed by atoms with Gasteiger partial charge < -0.3 is 5.73 Å². The molecule has 0 radical (unpaired) electrons. The highest BCUT2D eigenvalue weighted by Crippen LogP contribution is 2.23. The molecule has 0 bridgehead atoms. The quantitative estimate of drug-likeness (QED) is 0.820. The van der Waals surface area contributed by atoms with Crippen LogP contribution in [0.15, 0.2) is 18.3 Å². The molecule has 2 atom stereocenters. The van der Waals surface area contributed by atoms with Crippen molar-refractivity contribution in [1.82, 2.24) is 9.88 Å². The van der Waals surface area contributed by atoms with Crippen LogP contribution in [-0.4, -0.2) is 29.0 Å². The third kappa shape index (κ3) is 2.73. The molecule has 3 nitrogen and oxygen atoms in total. The van der Waals surface area contributed by atoms with Gasteiger partial charge in [-0.15, -0.1) is 0 Å². The van der Waals surface area contributed by atoms with E-state index in [2.05, 4.69) is 16.8 Å². The fourth-order valence-corrected chi connectivity index (χ4v) is 2.46. The summed E-state index contributed by atoms with van der Waals surface area (Å²) < 4.78 is 0. The molecule has 0 aliphatic carbocycles.